The van der Waals surface area contributed by atoms with Crippen LogP contribution in [0, 0.1) is 0 Å². The zero-order chi connectivity index (χ0) is 27.1. The average Bonchev–Trinajstić information content (AvgIpc) is 3.34. The maximum absolute atomic E-state index is 14.5. The number of aliphatic hydroxyl groups is 1. The van der Waals surface area contributed by atoms with E-state index in [1.54, 1.807) is 59.8 Å². The third-order valence-electron chi connectivity index (χ3n) is 7.42. The van der Waals surface area contributed by atoms with Crippen molar-refractivity contribution in [3.05, 3.63) is 89.3 Å². The Morgan fingerprint density at radius 1 is 1.03 bits per heavy atom. The molecule has 9 nitrogen and oxygen atoms in total. The van der Waals surface area contributed by atoms with E-state index in [0.29, 0.717) is 48.1 Å². The second-order valence-corrected chi connectivity index (χ2v) is 9.70. The summed E-state index contributed by atoms with van der Waals surface area (Å²) in [4.78, 5) is 49.1. The highest BCUT2D eigenvalue weighted by atomic mass is 16.6. The predicted octanol–water partition coefficient (Wildman–Crippen LogP) is 3.78. The van der Waals surface area contributed by atoms with Gasteiger partial charge in [0, 0.05) is 36.6 Å². The second-order valence-electron chi connectivity index (χ2n) is 9.70. The van der Waals surface area contributed by atoms with Gasteiger partial charge in [0.1, 0.15) is 19.0 Å². The first kappa shape index (κ1) is 24.7. The lowest BCUT2D eigenvalue weighted by Gasteiger charge is -2.34. The Morgan fingerprint density at radius 2 is 1.82 bits per heavy atom. The van der Waals surface area contributed by atoms with Gasteiger partial charge in [-0.05, 0) is 42.3 Å². The van der Waals surface area contributed by atoms with Crippen LogP contribution in [0.4, 0.5) is 5.69 Å². The molecule has 3 aliphatic heterocycles. The molecule has 6 rings (SSSR count). The van der Waals surface area contributed by atoms with Crippen molar-refractivity contribution >= 4 is 29.0 Å². The molecular formula is C30H27N3O6. The first-order valence-corrected chi connectivity index (χ1v) is 13.0. The van der Waals surface area contributed by atoms with Gasteiger partial charge in [-0.3, -0.25) is 19.4 Å². The number of ketones is 1. The minimum Gasteiger partial charge on any atom is -0.507 e. The summed E-state index contributed by atoms with van der Waals surface area (Å²) in [5.41, 5.74) is -0.114. The summed E-state index contributed by atoms with van der Waals surface area (Å²) >= 11 is 0. The first-order chi connectivity index (χ1) is 19.0. The van der Waals surface area contributed by atoms with Gasteiger partial charge in [-0.1, -0.05) is 37.6 Å². The largest absolute Gasteiger partial charge is 0.507 e. The fourth-order valence-corrected chi connectivity index (χ4v) is 5.64. The molecule has 0 radical (unpaired) electrons. The number of para-hydroxylation sites is 1. The zero-order valence-corrected chi connectivity index (χ0v) is 21.4. The van der Waals surface area contributed by atoms with E-state index in [1.807, 2.05) is 19.1 Å². The number of nitrogens with zero attached hydrogens (tertiary/aromatic N) is 3. The number of hydrogen-bond acceptors (Lipinski definition) is 7. The predicted molar refractivity (Wildman–Crippen MR) is 142 cm³/mol. The number of aromatic nitrogens is 1. The Balaban J connectivity index is 1.60. The summed E-state index contributed by atoms with van der Waals surface area (Å²) in [6.45, 7) is 3.13. The smallest absolute Gasteiger partial charge is 0.296 e. The number of hydrogen-bond donors (Lipinski definition) is 1. The van der Waals surface area contributed by atoms with Crippen molar-refractivity contribution in [2.45, 2.75) is 31.8 Å². The van der Waals surface area contributed by atoms with Crippen molar-refractivity contribution < 1.29 is 29.0 Å². The van der Waals surface area contributed by atoms with E-state index >= 15 is 0 Å². The highest BCUT2D eigenvalue weighted by molar-refractivity contribution is 6.50. The molecular weight excluding hydrogens is 498 g/mol. The minimum atomic E-state index is -1.84. The summed E-state index contributed by atoms with van der Waals surface area (Å²) in [6, 6.07) is 15.4. The lowest BCUT2D eigenvalue weighted by Crippen LogP contribution is -2.51. The van der Waals surface area contributed by atoms with Gasteiger partial charge in [0.25, 0.3) is 17.6 Å². The second kappa shape index (κ2) is 9.58. The monoisotopic (exact) mass is 525 g/mol. The highest BCUT2D eigenvalue weighted by Crippen LogP contribution is 2.54. The van der Waals surface area contributed by atoms with Crippen LogP contribution >= 0.6 is 0 Å². The van der Waals surface area contributed by atoms with E-state index in [-0.39, 0.29) is 17.7 Å². The molecule has 1 N–H and O–H groups in total. The molecule has 3 aliphatic rings. The van der Waals surface area contributed by atoms with Gasteiger partial charge >= 0.3 is 0 Å². The fraction of sp³-hybridized carbons (Fsp3) is 0.267. The third kappa shape index (κ3) is 3.68. The molecule has 0 bridgehead atoms. The van der Waals surface area contributed by atoms with Gasteiger partial charge in [0.05, 0.1) is 11.3 Å². The molecule has 39 heavy (non-hydrogen) atoms. The quantitative estimate of drug-likeness (QED) is 0.296. The molecule has 0 saturated carbocycles. The van der Waals surface area contributed by atoms with Crippen LogP contribution in [0.5, 0.6) is 11.5 Å². The number of fused-ring (bicyclic) bond motifs is 3. The molecule has 198 valence electrons. The molecule has 1 aromatic heterocycles. The van der Waals surface area contributed by atoms with Crippen molar-refractivity contribution in [2.75, 3.05) is 24.7 Å². The zero-order valence-electron chi connectivity index (χ0n) is 21.4. The number of amides is 2. The SMILES string of the molecule is CCCCN1C(=O)C2(/C(=C(/O)c3ccc4c(c3)OCCO4)C(=O)C(=O)N2Cc2cccnc2)c2ccccc21. The Morgan fingerprint density at radius 3 is 2.59 bits per heavy atom. The summed E-state index contributed by atoms with van der Waals surface area (Å²) in [6.07, 6.45) is 4.78. The number of benzene rings is 2. The molecule has 2 amide bonds. The van der Waals surface area contributed by atoms with Crippen LogP contribution < -0.4 is 14.4 Å². The maximum atomic E-state index is 14.5. The van der Waals surface area contributed by atoms with E-state index < -0.39 is 28.9 Å². The normalized spacial score (nSPS) is 21.1. The number of carbonyl (C=O) groups excluding carboxylic acids is 3. The van der Waals surface area contributed by atoms with Crippen LogP contribution in [0.25, 0.3) is 5.76 Å². The van der Waals surface area contributed by atoms with E-state index in [2.05, 4.69) is 4.98 Å². The van der Waals surface area contributed by atoms with Crippen molar-refractivity contribution in [1.29, 1.82) is 0 Å². The van der Waals surface area contributed by atoms with Gasteiger partial charge in [0.15, 0.2) is 17.0 Å². The number of unbranched alkanes of at least 4 members (excludes halogenated alkanes) is 1. The Hall–Kier alpha value is -4.66. The lowest BCUT2D eigenvalue weighted by atomic mass is 9.81. The van der Waals surface area contributed by atoms with Crippen molar-refractivity contribution in [2.24, 2.45) is 0 Å². The van der Waals surface area contributed by atoms with Crippen LogP contribution in [0.15, 0.2) is 72.6 Å². The van der Waals surface area contributed by atoms with Gasteiger partial charge in [-0.15, -0.1) is 0 Å². The fourth-order valence-electron chi connectivity index (χ4n) is 5.64. The molecule has 1 atom stereocenters. The molecule has 3 aromatic rings. The van der Waals surface area contributed by atoms with Crippen molar-refractivity contribution in [3.63, 3.8) is 0 Å². The summed E-state index contributed by atoms with van der Waals surface area (Å²) in [5.74, 6) is -1.76. The molecule has 2 aromatic carbocycles. The number of ether oxygens (including phenoxy) is 2. The van der Waals surface area contributed by atoms with E-state index in [9.17, 15) is 19.5 Å². The van der Waals surface area contributed by atoms with Gasteiger partial charge < -0.3 is 24.4 Å². The lowest BCUT2D eigenvalue weighted by molar-refractivity contribution is -0.144. The summed E-state index contributed by atoms with van der Waals surface area (Å²) in [7, 11) is 0. The standard InChI is InChI=1S/C30H27N3O6/c1-2-3-13-32-22-9-5-4-8-21(22)30(29(32)37)25(26(34)20-10-11-23-24(16-20)39-15-14-38-23)27(35)28(36)33(30)18-19-7-6-12-31-17-19/h4-12,16-17,34H,2-3,13-15,18H2,1H3/b26-25+. The van der Waals surface area contributed by atoms with Crippen molar-refractivity contribution in [1.82, 2.24) is 9.88 Å². The minimum absolute atomic E-state index is 0.0436. The van der Waals surface area contributed by atoms with Crippen LogP contribution in [0.1, 0.15) is 36.5 Å². The highest BCUT2D eigenvalue weighted by Gasteiger charge is 2.67. The van der Waals surface area contributed by atoms with Crippen LogP contribution in [0.2, 0.25) is 0 Å². The number of carbonyl (C=O) groups is 3. The van der Waals surface area contributed by atoms with Crippen molar-refractivity contribution in [3.8, 4) is 11.5 Å². The molecule has 1 unspecified atom stereocenters. The average molecular weight is 526 g/mol. The summed E-state index contributed by atoms with van der Waals surface area (Å²) in [5, 5.41) is 11.7. The van der Waals surface area contributed by atoms with E-state index in [1.165, 1.54) is 4.90 Å². The number of likely N-dealkylation sites (tertiary alicyclic amines) is 1. The number of pyridine rings is 1. The van der Waals surface area contributed by atoms with E-state index in [0.717, 1.165) is 12.8 Å². The Labute approximate surface area is 225 Å². The molecule has 1 fully saturated rings. The summed E-state index contributed by atoms with van der Waals surface area (Å²) < 4.78 is 11.3. The van der Waals surface area contributed by atoms with Crippen LogP contribution in [-0.2, 0) is 26.5 Å². The number of rotatable bonds is 6. The van der Waals surface area contributed by atoms with E-state index in [4.69, 9.17) is 9.47 Å². The topological polar surface area (TPSA) is 109 Å². The number of anilines is 1. The molecule has 4 heterocycles. The molecule has 1 spiro atoms. The van der Waals surface area contributed by atoms with Crippen LogP contribution in [0.3, 0.4) is 0 Å². The van der Waals surface area contributed by atoms with Gasteiger partial charge in [-0.2, -0.15) is 0 Å². The molecule has 1 saturated heterocycles. The maximum Gasteiger partial charge on any atom is 0.296 e. The Kier molecular flexibility index (Phi) is 6.06. The van der Waals surface area contributed by atoms with Gasteiger partial charge in [0.2, 0.25) is 0 Å². The third-order valence-corrected chi connectivity index (χ3v) is 7.42. The number of aliphatic hydroxyl groups excluding tert-OH is 1. The Bertz CT molecular complexity index is 1520. The molecule has 9 heteroatoms. The van der Waals surface area contributed by atoms with Gasteiger partial charge in [-0.25, -0.2) is 0 Å². The molecule has 0 aliphatic carbocycles. The first-order valence-electron chi connectivity index (χ1n) is 13.0. The number of Topliss-reactive ketones (excluding diaryl/α,β-unsaturated/α-hetero) is 1. The van der Waals surface area contributed by atoms with Crippen LogP contribution in [-0.4, -0.2) is 52.3 Å².